The van der Waals surface area contributed by atoms with Crippen molar-refractivity contribution in [2.45, 2.75) is 13.3 Å². The summed E-state index contributed by atoms with van der Waals surface area (Å²) in [7, 11) is 0. The van der Waals surface area contributed by atoms with Gasteiger partial charge >= 0.3 is 5.97 Å². The number of hydrogen-bond acceptors (Lipinski definition) is 3. The summed E-state index contributed by atoms with van der Waals surface area (Å²) in [5.41, 5.74) is 5.42. The Kier molecular flexibility index (Phi) is 5.48. The summed E-state index contributed by atoms with van der Waals surface area (Å²) >= 11 is 6.59. The van der Waals surface area contributed by atoms with Gasteiger partial charge in [0.25, 0.3) is 5.56 Å². The second kappa shape index (κ2) is 8.60. The summed E-state index contributed by atoms with van der Waals surface area (Å²) < 4.78 is 5.04. The third-order valence-electron chi connectivity index (χ3n) is 5.69. The molecule has 3 aromatic carbocycles. The number of pyridine rings is 1. The first-order valence-electron chi connectivity index (χ1n) is 10.7. The number of esters is 1. The summed E-state index contributed by atoms with van der Waals surface area (Å²) in [6, 6.07) is 21.2. The third-order valence-corrected chi connectivity index (χ3v) is 6.00. The summed E-state index contributed by atoms with van der Waals surface area (Å²) in [5.74, 6) is -0.291. The van der Waals surface area contributed by atoms with Gasteiger partial charge in [-0.1, -0.05) is 48.0 Å². The molecule has 5 nitrogen and oxygen atoms in total. The minimum absolute atomic E-state index is 0.161. The third kappa shape index (κ3) is 4.15. The Morgan fingerprint density at radius 3 is 2.58 bits per heavy atom. The SMILES string of the molecule is CCOC(=O)Cc1cccc(-c2cc3cc(-c4ccc5cc[nH]c5c4)c(Cl)cc3[nH]c2=O)c1. The fourth-order valence-corrected chi connectivity index (χ4v) is 4.38. The summed E-state index contributed by atoms with van der Waals surface area (Å²) in [6.45, 7) is 2.12. The Morgan fingerprint density at radius 2 is 1.73 bits per heavy atom. The van der Waals surface area contributed by atoms with Gasteiger partial charge in [-0.05, 0) is 64.7 Å². The van der Waals surface area contributed by atoms with Crippen LogP contribution in [-0.2, 0) is 16.0 Å². The molecule has 2 heterocycles. The molecule has 0 aliphatic carbocycles. The summed E-state index contributed by atoms with van der Waals surface area (Å²) in [4.78, 5) is 30.9. The number of ether oxygens (including phenoxy) is 1. The first-order chi connectivity index (χ1) is 16.0. The van der Waals surface area contributed by atoms with Crippen molar-refractivity contribution in [1.29, 1.82) is 0 Å². The van der Waals surface area contributed by atoms with Crippen LogP contribution in [0.4, 0.5) is 0 Å². The number of hydrogen-bond donors (Lipinski definition) is 2. The maximum absolute atomic E-state index is 12.9. The van der Waals surface area contributed by atoms with E-state index >= 15 is 0 Å². The van der Waals surface area contributed by atoms with E-state index in [2.05, 4.69) is 22.1 Å². The average Bonchev–Trinajstić information content (AvgIpc) is 3.26. The van der Waals surface area contributed by atoms with Gasteiger partial charge in [-0.3, -0.25) is 9.59 Å². The number of H-pyrrole nitrogens is 2. The molecule has 2 aromatic heterocycles. The van der Waals surface area contributed by atoms with Crippen molar-refractivity contribution in [3.05, 3.63) is 93.9 Å². The van der Waals surface area contributed by atoms with Gasteiger partial charge in [-0.2, -0.15) is 0 Å². The molecule has 0 radical (unpaired) electrons. The quantitative estimate of drug-likeness (QED) is 0.314. The van der Waals surface area contributed by atoms with Crippen LogP contribution in [0, 0.1) is 0 Å². The van der Waals surface area contributed by atoms with E-state index in [9.17, 15) is 9.59 Å². The van der Waals surface area contributed by atoms with E-state index in [1.807, 2.05) is 54.7 Å². The van der Waals surface area contributed by atoms with Crippen LogP contribution in [0.15, 0.2) is 77.7 Å². The van der Waals surface area contributed by atoms with E-state index < -0.39 is 0 Å². The minimum atomic E-state index is -0.291. The van der Waals surface area contributed by atoms with E-state index in [1.165, 1.54) is 0 Å². The Hall–Kier alpha value is -3.83. The molecule has 0 fully saturated rings. The maximum atomic E-state index is 12.9. The number of nitrogens with one attached hydrogen (secondary N) is 2. The van der Waals surface area contributed by atoms with Crippen molar-refractivity contribution in [2.24, 2.45) is 0 Å². The van der Waals surface area contributed by atoms with E-state index in [0.29, 0.717) is 22.7 Å². The lowest BCUT2D eigenvalue weighted by atomic mass is 9.99. The Bertz CT molecular complexity index is 1570. The van der Waals surface area contributed by atoms with Gasteiger partial charge in [-0.15, -0.1) is 0 Å². The lowest BCUT2D eigenvalue weighted by molar-refractivity contribution is -0.142. The van der Waals surface area contributed by atoms with E-state index in [-0.39, 0.29) is 17.9 Å². The van der Waals surface area contributed by atoms with Gasteiger partial charge < -0.3 is 14.7 Å². The highest BCUT2D eigenvalue weighted by atomic mass is 35.5. The van der Waals surface area contributed by atoms with Crippen LogP contribution in [0.3, 0.4) is 0 Å². The molecule has 0 atom stereocenters. The topological polar surface area (TPSA) is 75.0 Å². The van der Waals surface area contributed by atoms with Crippen molar-refractivity contribution >= 4 is 39.4 Å². The van der Waals surface area contributed by atoms with Crippen molar-refractivity contribution in [3.8, 4) is 22.3 Å². The van der Waals surface area contributed by atoms with Gasteiger partial charge in [0, 0.05) is 28.4 Å². The number of rotatable bonds is 5. The van der Waals surface area contributed by atoms with Gasteiger partial charge in [0.05, 0.1) is 18.1 Å². The zero-order valence-electron chi connectivity index (χ0n) is 17.9. The molecule has 2 N–H and O–H groups in total. The molecular formula is C27H21ClN2O3. The number of benzene rings is 3. The van der Waals surface area contributed by atoms with E-state index in [0.717, 1.165) is 38.5 Å². The minimum Gasteiger partial charge on any atom is -0.466 e. The monoisotopic (exact) mass is 456 g/mol. The number of halogens is 1. The lowest BCUT2D eigenvalue weighted by Gasteiger charge is -2.10. The number of aromatic nitrogens is 2. The summed E-state index contributed by atoms with van der Waals surface area (Å²) in [5, 5.41) is 2.56. The molecule has 0 aliphatic rings. The molecule has 33 heavy (non-hydrogen) atoms. The highest BCUT2D eigenvalue weighted by Crippen LogP contribution is 2.34. The van der Waals surface area contributed by atoms with Crippen LogP contribution in [-0.4, -0.2) is 22.5 Å². The van der Waals surface area contributed by atoms with E-state index in [1.54, 1.807) is 13.0 Å². The Morgan fingerprint density at radius 1 is 0.909 bits per heavy atom. The van der Waals surface area contributed by atoms with Crippen molar-refractivity contribution in [2.75, 3.05) is 6.61 Å². The zero-order valence-corrected chi connectivity index (χ0v) is 18.7. The molecule has 0 saturated heterocycles. The molecule has 164 valence electrons. The number of carbonyl (C=O) groups is 1. The van der Waals surface area contributed by atoms with Crippen LogP contribution in [0.1, 0.15) is 12.5 Å². The summed E-state index contributed by atoms with van der Waals surface area (Å²) in [6.07, 6.45) is 2.07. The van der Waals surface area contributed by atoms with Crippen LogP contribution in [0.25, 0.3) is 44.1 Å². The zero-order chi connectivity index (χ0) is 22.9. The molecule has 0 aliphatic heterocycles. The Balaban J connectivity index is 1.58. The molecule has 0 amide bonds. The average molecular weight is 457 g/mol. The van der Waals surface area contributed by atoms with Gasteiger partial charge in [0.2, 0.25) is 0 Å². The predicted octanol–water partition coefficient (Wildman–Crippen LogP) is 6.10. The maximum Gasteiger partial charge on any atom is 0.310 e. The van der Waals surface area contributed by atoms with Crippen LogP contribution in [0.5, 0.6) is 0 Å². The number of carbonyl (C=O) groups excluding carboxylic acids is 1. The van der Waals surface area contributed by atoms with Crippen LogP contribution in [0.2, 0.25) is 5.02 Å². The van der Waals surface area contributed by atoms with Gasteiger partial charge in [-0.25, -0.2) is 0 Å². The fourth-order valence-electron chi connectivity index (χ4n) is 4.11. The molecule has 0 saturated carbocycles. The lowest BCUT2D eigenvalue weighted by Crippen LogP contribution is -2.10. The van der Waals surface area contributed by atoms with Gasteiger partial charge in [0.15, 0.2) is 0 Å². The smallest absolute Gasteiger partial charge is 0.310 e. The molecule has 0 unspecified atom stereocenters. The largest absolute Gasteiger partial charge is 0.466 e. The molecular weight excluding hydrogens is 436 g/mol. The first-order valence-corrected chi connectivity index (χ1v) is 11.1. The number of aromatic amines is 2. The normalized spacial score (nSPS) is 11.2. The fraction of sp³-hybridized carbons (Fsp3) is 0.111. The molecule has 0 spiro atoms. The predicted molar refractivity (Wildman–Crippen MR) is 133 cm³/mol. The molecule has 5 aromatic rings. The molecule has 0 bridgehead atoms. The first kappa shape index (κ1) is 21.0. The highest BCUT2D eigenvalue weighted by Gasteiger charge is 2.12. The number of fused-ring (bicyclic) bond motifs is 2. The highest BCUT2D eigenvalue weighted by molar-refractivity contribution is 6.34. The molecule has 5 rings (SSSR count). The van der Waals surface area contributed by atoms with Crippen molar-refractivity contribution in [3.63, 3.8) is 0 Å². The van der Waals surface area contributed by atoms with Crippen LogP contribution < -0.4 is 5.56 Å². The second-order valence-electron chi connectivity index (χ2n) is 7.89. The van der Waals surface area contributed by atoms with Gasteiger partial charge in [0.1, 0.15) is 0 Å². The molecule has 6 heteroatoms. The van der Waals surface area contributed by atoms with Crippen LogP contribution >= 0.6 is 11.6 Å². The second-order valence-corrected chi connectivity index (χ2v) is 8.30. The van der Waals surface area contributed by atoms with Crippen molar-refractivity contribution in [1.82, 2.24) is 9.97 Å². The van der Waals surface area contributed by atoms with Crippen molar-refractivity contribution < 1.29 is 9.53 Å². The Labute approximate surface area is 195 Å². The van der Waals surface area contributed by atoms with E-state index in [4.69, 9.17) is 16.3 Å². The standard InChI is InChI=1S/C27H21ClN2O3/c1-2-33-26(31)11-16-4-3-5-18(10-16)22-13-20-12-21(23(28)15-25(20)30-27(22)32)19-7-6-17-8-9-29-24(17)14-19/h3-10,12-15,29H,2,11H2,1H3,(H,30,32).